The van der Waals surface area contributed by atoms with Crippen molar-refractivity contribution in [2.24, 2.45) is 0 Å². The Labute approximate surface area is 219 Å². The van der Waals surface area contributed by atoms with Gasteiger partial charge in [0.25, 0.3) is 5.56 Å². The second-order valence-electron chi connectivity index (χ2n) is 9.95. The third-order valence-corrected chi connectivity index (χ3v) is 7.06. The van der Waals surface area contributed by atoms with E-state index in [2.05, 4.69) is 9.97 Å². The summed E-state index contributed by atoms with van der Waals surface area (Å²) in [6, 6.07) is 21.4. The molecule has 4 aromatic rings. The summed E-state index contributed by atoms with van der Waals surface area (Å²) in [6.07, 6.45) is 1.29. The molecule has 5 rings (SSSR count). The molecule has 0 unspecified atom stereocenters. The average molecular weight is 506 g/mol. The number of benzene rings is 3. The van der Waals surface area contributed by atoms with Gasteiger partial charge in [0.2, 0.25) is 11.6 Å². The van der Waals surface area contributed by atoms with Gasteiger partial charge in [-0.15, -0.1) is 0 Å². The lowest BCUT2D eigenvalue weighted by atomic mass is 9.83. The van der Waals surface area contributed by atoms with Gasteiger partial charge in [0.05, 0.1) is 16.6 Å². The summed E-state index contributed by atoms with van der Waals surface area (Å²) in [5.74, 6) is -2.38. The molecule has 2 N–H and O–H groups in total. The van der Waals surface area contributed by atoms with Crippen molar-refractivity contribution in [1.82, 2.24) is 9.97 Å². The first-order chi connectivity index (χ1) is 18.1. The SMILES string of the molecule is Cc1ccc(/C(O)=C(\C(=O)C(=O)C=C2N(C)c3ccccc3C2(C)C)c2nc3ccccc3[nH]c2=O)cc1. The number of carbonyl (C=O) groups is 2. The van der Waals surface area contributed by atoms with Gasteiger partial charge < -0.3 is 15.0 Å². The number of anilines is 1. The monoisotopic (exact) mass is 505 g/mol. The minimum atomic E-state index is -1.02. The molecule has 0 atom stereocenters. The lowest BCUT2D eigenvalue weighted by Crippen LogP contribution is -2.27. The van der Waals surface area contributed by atoms with Crippen molar-refractivity contribution in [1.29, 1.82) is 0 Å². The zero-order valence-electron chi connectivity index (χ0n) is 21.6. The predicted octanol–water partition coefficient (Wildman–Crippen LogP) is 5.11. The summed E-state index contributed by atoms with van der Waals surface area (Å²) >= 11 is 0. The van der Waals surface area contributed by atoms with Crippen molar-refractivity contribution < 1.29 is 14.7 Å². The van der Waals surface area contributed by atoms with Crippen LogP contribution in [0.25, 0.3) is 22.4 Å². The van der Waals surface area contributed by atoms with E-state index in [4.69, 9.17) is 0 Å². The number of allylic oxidation sites excluding steroid dienone is 3. The van der Waals surface area contributed by atoms with Gasteiger partial charge >= 0.3 is 0 Å². The van der Waals surface area contributed by atoms with Crippen molar-refractivity contribution in [3.63, 3.8) is 0 Å². The standard InChI is InChI=1S/C31H27N3O4/c1-18-13-15-19(16-14-18)28(36)26(27-30(38)33-22-11-7-6-10-21(22)32-27)29(37)24(35)17-25-31(2,3)20-9-5-8-12-23(20)34(25)4/h5-17,36H,1-4H3,(H,33,38)/b25-17?,28-26+. The number of aromatic nitrogens is 2. The largest absolute Gasteiger partial charge is 0.506 e. The number of rotatable bonds is 5. The minimum absolute atomic E-state index is 0.291. The van der Waals surface area contributed by atoms with Gasteiger partial charge in [0, 0.05) is 35.5 Å². The smallest absolute Gasteiger partial charge is 0.275 e. The maximum Gasteiger partial charge on any atom is 0.275 e. The number of nitrogens with zero attached hydrogens (tertiary/aromatic N) is 2. The van der Waals surface area contributed by atoms with Crippen LogP contribution >= 0.6 is 0 Å². The third kappa shape index (κ3) is 4.12. The van der Waals surface area contributed by atoms with Crippen LogP contribution in [0.15, 0.2) is 89.4 Å². The Morgan fingerprint density at radius 2 is 1.63 bits per heavy atom. The van der Waals surface area contributed by atoms with E-state index in [1.165, 1.54) is 6.08 Å². The zero-order chi connectivity index (χ0) is 27.2. The Hall–Kier alpha value is -4.78. The van der Waals surface area contributed by atoms with Crippen LogP contribution in [0.3, 0.4) is 0 Å². The number of aliphatic hydroxyl groups excluding tert-OH is 1. The second-order valence-corrected chi connectivity index (χ2v) is 9.95. The Bertz CT molecular complexity index is 1730. The Balaban J connectivity index is 1.66. The molecule has 0 bridgehead atoms. The van der Waals surface area contributed by atoms with E-state index in [0.717, 1.165) is 16.8 Å². The zero-order valence-corrected chi connectivity index (χ0v) is 21.6. The lowest BCUT2D eigenvalue weighted by Gasteiger charge is -2.23. The Morgan fingerprint density at radius 3 is 2.34 bits per heavy atom. The number of hydrogen-bond donors (Lipinski definition) is 2. The first-order valence-corrected chi connectivity index (χ1v) is 12.2. The number of Topliss-reactive ketones (excluding diaryl/α,β-unsaturated/α-hetero) is 1. The van der Waals surface area contributed by atoms with Gasteiger partial charge in [0.15, 0.2) is 0 Å². The summed E-state index contributed by atoms with van der Waals surface area (Å²) in [6.45, 7) is 5.85. The molecule has 7 nitrogen and oxygen atoms in total. The molecule has 7 heteroatoms. The average Bonchev–Trinajstić information content (AvgIpc) is 3.10. The van der Waals surface area contributed by atoms with Gasteiger partial charge in [-0.2, -0.15) is 0 Å². The predicted molar refractivity (Wildman–Crippen MR) is 149 cm³/mol. The van der Waals surface area contributed by atoms with Crippen LogP contribution < -0.4 is 10.5 Å². The quantitative estimate of drug-likeness (QED) is 0.222. The van der Waals surface area contributed by atoms with Gasteiger partial charge in [-0.1, -0.05) is 74.0 Å². The fourth-order valence-electron chi connectivity index (χ4n) is 4.95. The minimum Gasteiger partial charge on any atom is -0.506 e. The molecule has 0 saturated carbocycles. The Morgan fingerprint density at radius 1 is 0.974 bits per heavy atom. The number of para-hydroxylation sites is 3. The summed E-state index contributed by atoms with van der Waals surface area (Å²) in [7, 11) is 1.84. The Kier molecular flexibility index (Phi) is 6.07. The fraction of sp³-hybridized carbons (Fsp3) is 0.161. The number of aryl methyl sites for hydroxylation is 1. The molecule has 1 aromatic heterocycles. The number of likely N-dealkylation sites (N-methyl/N-ethyl adjacent to an activating group) is 1. The summed E-state index contributed by atoms with van der Waals surface area (Å²) in [5, 5.41) is 11.3. The number of hydrogen-bond acceptors (Lipinski definition) is 6. The normalized spacial score (nSPS) is 15.9. The first kappa shape index (κ1) is 24.9. The summed E-state index contributed by atoms with van der Waals surface area (Å²) < 4.78 is 0. The number of H-pyrrole nitrogens is 1. The highest BCUT2D eigenvalue weighted by atomic mass is 16.3. The molecule has 0 saturated heterocycles. The molecular weight excluding hydrogens is 478 g/mol. The maximum absolute atomic E-state index is 13.8. The fourth-order valence-corrected chi connectivity index (χ4v) is 4.95. The topological polar surface area (TPSA) is 103 Å². The molecule has 0 amide bonds. The molecule has 0 fully saturated rings. The van der Waals surface area contributed by atoms with Crippen molar-refractivity contribution in [3.8, 4) is 0 Å². The van der Waals surface area contributed by atoms with Gasteiger partial charge in [-0.05, 0) is 30.7 Å². The van der Waals surface area contributed by atoms with Crippen LogP contribution in [-0.2, 0) is 15.0 Å². The third-order valence-electron chi connectivity index (χ3n) is 7.06. The molecule has 0 radical (unpaired) electrons. The van der Waals surface area contributed by atoms with Crippen LogP contribution in [0.1, 0.15) is 36.2 Å². The number of fused-ring (bicyclic) bond motifs is 2. The molecule has 0 aliphatic carbocycles. The number of aromatic amines is 1. The number of carbonyl (C=O) groups excluding carboxylic acids is 2. The summed E-state index contributed by atoms with van der Waals surface area (Å²) in [5.41, 5.74) is 2.74. The highest BCUT2D eigenvalue weighted by molar-refractivity contribution is 6.58. The molecule has 190 valence electrons. The maximum atomic E-state index is 13.8. The summed E-state index contributed by atoms with van der Waals surface area (Å²) in [4.78, 5) is 49.4. The van der Waals surface area contributed by atoms with Crippen LogP contribution in [0.4, 0.5) is 5.69 Å². The van der Waals surface area contributed by atoms with E-state index < -0.39 is 33.9 Å². The van der Waals surface area contributed by atoms with Crippen molar-refractivity contribution in [2.75, 3.05) is 11.9 Å². The number of nitrogens with one attached hydrogen (secondary N) is 1. The molecule has 2 heterocycles. The highest BCUT2D eigenvalue weighted by Gasteiger charge is 2.39. The number of aliphatic hydroxyl groups is 1. The molecule has 1 aliphatic rings. The molecule has 38 heavy (non-hydrogen) atoms. The van der Waals surface area contributed by atoms with Gasteiger partial charge in [-0.25, -0.2) is 4.98 Å². The molecule has 0 spiro atoms. The van der Waals surface area contributed by atoms with E-state index in [9.17, 15) is 19.5 Å². The van der Waals surface area contributed by atoms with Crippen LogP contribution in [0.2, 0.25) is 0 Å². The molecular formula is C31H27N3O4. The second kappa shape index (κ2) is 9.27. The van der Waals surface area contributed by atoms with Crippen LogP contribution in [-0.4, -0.2) is 33.7 Å². The van der Waals surface area contributed by atoms with Crippen molar-refractivity contribution >= 4 is 39.6 Å². The van der Waals surface area contributed by atoms with Crippen LogP contribution in [0.5, 0.6) is 0 Å². The van der Waals surface area contributed by atoms with Gasteiger partial charge in [0.1, 0.15) is 11.5 Å². The lowest BCUT2D eigenvalue weighted by molar-refractivity contribution is -0.130. The molecule has 3 aromatic carbocycles. The van der Waals surface area contributed by atoms with E-state index >= 15 is 0 Å². The van der Waals surface area contributed by atoms with Crippen molar-refractivity contribution in [3.05, 3.63) is 117 Å². The van der Waals surface area contributed by atoms with Crippen molar-refractivity contribution in [2.45, 2.75) is 26.2 Å². The van der Waals surface area contributed by atoms with E-state index in [0.29, 0.717) is 22.3 Å². The van der Waals surface area contributed by atoms with E-state index in [1.54, 1.807) is 48.5 Å². The first-order valence-electron chi connectivity index (χ1n) is 12.2. The van der Waals surface area contributed by atoms with E-state index in [1.807, 2.05) is 57.0 Å². The highest BCUT2D eigenvalue weighted by Crippen LogP contribution is 2.46. The molecule has 1 aliphatic heterocycles. The van der Waals surface area contributed by atoms with E-state index in [-0.39, 0.29) is 5.69 Å². The van der Waals surface area contributed by atoms with Gasteiger partial charge in [-0.3, -0.25) is 14.4 Å². The number of ketones is 2. The van der Waals surface area contributed by atoms with Crippen LogP contribution in [0, 0.1) is 6.92 Å².